The van der Waals surface area contributed by atoms with Gasteiger partial charge in [-0.25, -0.2) is 13.8 Å². The second-order valence-corrected chi connectivity index (χ2v) is 9.21. The number of piperidine rings is 1. The normalized spacial score (nSPS) is 26.8. The van der Waals surface area contributed by atoms with Gasteiger partial charge < -0.3 is 19.0 Å². The number of benzene rings is 1. The quantitative estimate of drug-likeness (QED) is 0.726. The molecule has 32 heavy (non-hydrogen) atoms. The van der Waals surface area contributed by atoms with Crippen LogP contribution in [0.5, 0.6) is 0 Å². The van der Waals surface area contributed by atoms with Gasteiger partial charge in [-0.3, -0.25) is 9.59 Å². The number of ether oxygens (including phenoxy) is 1. The van der Waals surface area contributed by atoms with Gasteiger partial charge >= 0.3 is 0 Å². The fourth-order valence-corrected chi connectivity index (χ4v) is 5.41. The van der Waals surface area contributed by atoms with Gasteiger partial charge in [0.25, 0.3) is 11.8 Å². The summed E-state index contributed by atoms with van der Waals surface area (Å²) in [5, 5.41) is 0. The number of hydrogen-bond donors (Lipinski definition) is 0. The van der Waals surface area contributed by atoms with Gasteiger partial charge in [-0.05, 0) is 43.4 Å². The first-order valence-corrected chi connectivity index (χ1v) is 11.1. The van der Waals surface area contributed by atoms with Crippen molar-refractivity contribution < 1.29 is 27.5 Å². The number of hydrogen-bond acceptors (Lipinski definition) is 5. The van der Waals surface area contributed by atoms with Crippen LogP contribution < -0.4 is 0 Å². The Labute approximate surface area is 183 Å². The van der Waals surface area contributed by atoms with Crippen LogP contribution in [0.15, 0.2) is 29.0 Å². The zero-order valence-corrected chi connectivity index (χ0v) is 17.4. The van der Waals surface area contributed by atoms with E-state index < -0.39 is 29.5 Å². The van der Waals surface area contributed by atoms with Crippen LogP contribution in [-0.4, -0.2) is 51.5 Å². The molecule has 2 aromatic rings. The molecule has 1 saturated carbocycles. The summed E-state index contributed by atoms with van der Waals surface area (Å²) in [6, 6.07) is 2.99. The number of likely N-dealkylation sites (tertiary alicyclic amines) is 1. The van der Waals surface area contributed by atoms with E-state index in [9.17, 15) is 18.4 Å². The molecule has 4 heterocycles. The van der Waals surface area contributed by atoms with Crippen molar-refractivity contribution in [1.29, 1.82) is 0 Å². The molecule has 4 fully saturated rings. The summed E-state index contributed by atoms with van der Waals surface area (Å²) in [6.07, 6.45) is 4.90. The molecule has 3 aliphatic heterocycles. The lowest BCUT2D eigenvalue weighted by molar-refractivity contribution is -0.142. The number of fused-ring (bicyclic) bond motifs is 1. The Balaban J connectivity index is 1.18. The lowest BCUT2D eigenvalue weighted by Gasteiger charge is -2.37. The molecule has 1 aromatic carbocycles. The van der Waals surface area contributed by atoms with E-state index in [1.165, 1.54) is 18.5 Å². The predicted octanol–water partition coefficient (Wildman–Crippen LogP) is 3.53. The number of rotatable bonds is 3. The monoisotopic (exact) mass is 443 g/mol. The van der Waals surface area contributed by atoms with Crippen molar-refractivity contribution in [2.24, 2.45) is 0 Å². The molecule has 1 aliphatic carbocycles. The molecule has 0 radical (unpaired) electrons. The summed E-state index contributed by atoms with van der Waals surface area (Å²) < 4.78 is 39.2. The maximum absolute atomic E-state index is 13.8. The van der Waals surface area contributed by atoms with Gasteiger partial charge in [0, 0.05) is 37.9 Å². The maximum atomic E-state index is 13.8. The molecule has 9 heteroatoms. The van der Waals surface area contributed by atoms with Crippen molar-refractivity contribution >= 4 is 11.8 Å². The van der Waals surface area contributed by atoms with E-state index >= 15 is 0 Å². The summed E-state index contributed by atoms with van der Waals surface area (Å²) in [5.74, 6) is -0.693. The van der Waals surface area contributed by atoms with Crippen molar-refractivity contribution in [3.05, 3.63) is 53.2 Å². The first-order valence-electron chi connectivity index (χ1n) is 11.1. The average molecular weight is 443 g/mol. The van der Waals surface area contributed by atoms with Crippen LogP contribution in [0, 0.1) is 11.6 Å². The van der Waals surface area contributed by atoms with Crippen LogP contribution in [-0.2, 0) is 9.53 Å². The number of carbonyl (C=O) groups is 2. The number of carbonyl (C=O) groups excluding carboxylic acids is 2. The summed E-state index contributed by atoms with van der Waals surface area (Å²) in [7, 11) is 0. The lowest BCUT2D eigenvalue weighted by atomic mass is 9.89. The molecule has 6 rings (SSSR count). The van der Waals surface area contributed by atoms with Crippen LogP contribution in [0.2, 0.25) is 0 Å². The summed E-state index contributed by atoms with van der Waals surface area (Å²) in [5.41, 5.74) is -0.170. The predicted molar refractivity (Wildman–Crippen MR) is 106 cm³/mol. The molecule has 0 bridgehead atoms. The second kappa shape index (κ2) is 7.10. The molecule has 2 unspecified atom stereocenters. The third-order valence-corrected chi connectivity index (χ3v) is 7.19. The van der Waals surface area contributed by atoms with E-state index in [4.69, 9.17) is 9.15 Å². The van der Waals surface area contributed by atoms with Gasteiger partial charge in [0.05, 0.1) is 6.04 Å². The Kier molecular flexibility index (Phi) is 4.40. The molecule has 1 spiro atoms. The van der Waals surface area contributed by atoms with Crippen molar-refractivity contribution in [1.82, 2.24) is 14.8 Å². The number of oxazole rings is 1. The number of aromatic nitrogens is 1. The summed E-state index contributed by atoms with van der Waals surface area (Å²) in [4.78, 5) is 33.9. The van der Waals surface area contributed by atoms with E-state index in [-0.39, 0.29) is 17.7 Å². The van der Waals surface area contributed by atoms with Crippen molar-refractivity contribution in [3.63, 3.8) is 0 Å². The van der Waals surface area contributed by atoms with Gasteiger partial charge in [-0.1, -0.05) is 0 Å². The molecule has 2 atom stereocenters. The first kappa shape index (κ1) is 19.8. The summed E-state index contributed by atoms with van der Waals surface area (Å²) in [6.45, 7) is 0.753. The highest BCUT2D eigenvalue weighted by Gasteiger charge is 2.58. The highest BCUT2D eigenvalue weighted by molar-refractivity contribution is 5.94. The smallest absolute Gasteiger partial charge is 0.276 e. The van der Waals surface area contributed by atoms with Crippen LogP contribution >= 0.6 is 0 Å². The zero-order chi connectivity index (χ0) is 22.0. The van der Waals surface area contributed by atoms with Gasteiger partial charge in [0.1, 0.15) is 23.6 Å². The molecule has 0 N–H and O–H groups in total. The van der Waals surface area contributed by atoms with Crippen molar-refractivity contribution in [2.45, 2.75) is 62.3 Å². The first-order chi connectivity index (χ1) is 15.4. The van der Waals surface area contributed by atoms with E-state index in [0.29, 0.717) is 55.8 Å². The van der Waals surface area contributed by atoms with Crippen LogP contribution in [0.1, 0.15) is 72.3 Å². The maximum Gasteiger partial charge on any atom is 0.276 e. The lowest BCUT2D eigenvalue weighted by Crippen LogP contribution is -2.51. The molecular weight excluding hydrogens is 420 g/mol. The molecule has 7 nitrogen and oxygen atoms in total. The van der Waals surface area contributed by atoms with Crippen LogP contribution in [0.3, 0.4) is 0 Å². The van der Waals surface area contributed by atoms with Gasteiger partial charge in [0.15, 0.2) is 17.7 Å². The number of halogens is 2. The minimum atomic E-state index is -0.991. The van der Waals surface area contributed by atoms with E-state index in [2.05, 4.69) is 4.98 Å². The SMILES string of the molecule is O=C(c1ncoc1C1CC1)N1CCC2(CC1)OC1CCC(c3cc(F)cc(F)c3)N1C2=O. The number of nitrogens with zero attached hydrogens (tertiary/aromatic N) is 3. The molecular formula is C23H23F2N3O4. The zero-order valence-electron chi connectivity index (χ0n) is 17.4. The van der Waals surface area contributed by atoms with Crippen molar-refractivity contribution in [2.75, 3.05) is 13.1 Å². The van der Waals surface area contributed by atoms with E-state index in [1.807, 2.05) is 0 Å². The fourth-order valence-electron chi connectivity index (χ4n) is 5.41. The Morgan fingerprint density at radius 2 is 1.78 bits per heavy atom. The third kappa shape index (κ3) is 3.05. The molecule has 2 amide bonds. The molecule has 3 saturated heterocycles. The van der Waals surface area contributed by atoms with Gasteiger partial charge in [-0.15, -0.1) is 0 Å². The van der Waals surface area contributed by atoms with E-state index in [1.54, 1.807) is 9.80 Å². The van der Waals surface area contributed by atoms with Crippen molar-refractivity contribution in [3.8, 4) is 0 Å². The topological polar surface area (TPSA) is 75.9 Å². The molecule has 168 valence electrons. The minimum absolute atomic E-state index is 0.151. The van der Waals surface area contributed by atoms with E-state index in [0.717, 1.165) is 18.9 Å². The molecule has 4 aliphatic rings. The number of amides is 2. The highest BCUT2D eigenvalue weighted by atomic mass is 19.1. The Morgan fingerprint density at radius 3 is 2.47 bits per heavy atom. The van der Waals surface area contributed by atoms with Gasteiger partial charge in [-0.2, -0.15) is 0 Å². The summed E-state index contributed by atoms with van der Waals surface area (Å²) >= 11 is 0. The largest absolute Gasteiger partial charge is 0.447 e. The standard InChI is InChI=1S/C23H23F2N3O4/c24-15-9-14(10-16(25)11-15)17-3-4-18-28(17)22(30)23(32-18)5-7-27(8-6-23)21(29)19-20(13-1-2-13)31-12-26-19/h9-13,17-18H,1-8H2. The third-order valence-electron chi connectivity index (χ3n) is 7.19. The second-order valence-electron chi connectivity index (χ2n) is 9.21. The Morgan fingerprint density at radius 1 is 1.06 bits per heavy atom. The molecule has 1 aromatic heterocycles. The van der Waals surface area contributed by atoms with Crippen LogP contribution in [0.25, 0.3) is 0 Å². The Bertz CT molecular complexity index is 1070. The van der Waals surface area contributed by atoms with Crippen LogP contribution in [0.4, 0.5) is 8.78 Å². The Hall–Kier alpha value is -2.81. The minimum Gasteiger partial charge on any atom is -0.447 e. The highest BCUT2D eigenvalue weighted by Crippen LogP contribution is 2.48. The average Bonchev–Trinajstić information content (AvgIpc) is 3.25. The fraction of sp³-hybridized carbons (Fsp3) is 0.522. The van der Waals surface area contributed by atoms with Gasteiger partial charge in [0.2, 0.25) is 0 Å².